The van der Waals surface area contributed by atoms with Crippen molar-refractivity contribution < 1.29 is 25.2 Å². The van der Waals surface area contributed by atoms with Gasteiger partial charge in [0.25, 0.3) is 20.2 Å². The maximum atomic E-state index is 10.0. The second kappa shape index (κ2) is 7.16. The van der Waals surface area contributed by atoms with Crippen LogP contribution in [0.3, 0.4) is 0 Å². The predicted molar refractivity (Wildman–Crippen MR) is 52.9 cm³/mol. The molecule has 0 aromatic heterocycles. The van der Waals surface area contributed by atoms with Gasteiger partial charge in [0, 0.05) is 0 Å². The molecule has 0 aliphatic rings. The van der Waals surface area contributed by atoms with E-state index in [4.69, 9.17) is 0 Å². The lowest BCUT2D eigenvalue weighted by atomic mass is 10.9. The Balaban J connectivity index is 0. The third-order valence-corrected chi connectivity index (χ3v) is 1.99. The van der Waals surface area contributed by atoms with Gasteiger partial charge in [-0.2, -0.15) is 16.8 Å². The molecule has 0 radical (unpaired) electrons. The van der Waals surface area contributed by atoms with Crippen LogP contribution in [0.4, 0.5) is 0 Å². The smallest absolute Gasteiger partial charge is 0.264 e. The van der Waals surface area contributed by atoms with Gasteiger partial charge in [-0.15, -0.1) is 0 Å². The van der Waals surface area contributed by atoms with Crippen LogP contribution >= 0.6 is 0 Å². The molecule has 88 valence electrons. The van der Waals surface area contributed by atoms with E-state index in [0.717, 1.165) is 12.5 Å². The molecule has 0 N–H and O–H groups in total. The van der Waals surface area contributed by atoms with E-state index in [0.29, 0.717) is 0 Å². The first-order valence-electron chi connectivity index (χ1n) is 3.81. The van der Waals surface area contributed by atoms with Crippen LogP contribution in [0.15, 0.2) is 0 Å². The Bertz CT molecular complexity index is 280. The topological polar surface area (TPSA) is 86.7 Å². The largest absolute Gasteiger partial charge is 0.271 e. The minimum atomic E-state index is -3.17. The van der Waals surface area contributed by atoms with Gasteiger partial charge in [0.1, 0.15) is 0 Å². The Morgan fingerprint density at radius 2 is 1.00 bits per heavy atom. The molecule has 0 aromatic rings. The molecular formula is C6H16O6S2. The van der Waals surface area contributed by atoms with Crippen molar-refractivity contribution in [3.8, 4) is 0 Å². The Hall–Kier alpha value is -0.180. The van der Waals surface area contributed by atoms with Crippen LogP contribution in [0, 0.1) is 0 Å². The zero-order valence-corrected chi connectivity index (χ0v) is 10.3. The molecule has 0 aliphatic carbocycles. The third-order valence-electron chi connectivity index (χ3n) is 0.664. The zero-order chi connectivity index (χ0) is 11.8. The Morgan fingerprint density at radius 1 is 0.786 bits per heavy atom. The van der Waals surface area contributed by atoms with E-state index < -0.39 is 20.2 Å². The molecule has 0 amide bonds. The molecular weight excluding hydrogens is 232 g/mol. The lowest BCUT2D eigenvalue weighted by Crippen LogP contribution is -2.00. The number of hydrogen-bond acceptors (Lipinski definition) is 6. The van der Waals surface area contributed by atoms with Crippen molar-refractivity contribution in [1.82, 2.24) is 0 Å². The highest BCUT2D eigenvalue weighted by Gasteiger charge is 1.95. The zero-order valence-electron chi connectivity index (χ0n) is 8.68. The van der Waals surface area contributed by atoms with Crippen LogP contribution in [0.1, 0.15) is 13.8 Å². The summed E-state index contributed by atoms with van der Waals surface area (Å²) in [5, 5.41) is 0. The minimum Gasteiger partial charge on any atom is -0.271 e. The summed E-state index contributed by atoms with van der Waals surface area (Å²) in [4.78, 5) is 0. The first kappa shape index (κ1) is 16.3. The van der Waals surface area contributed by atoms with Gasteiger partial charge in [-0.05, 0) is 13.8 Å². The summed E-state index contributed by atoms with van der Waals surface area (Å²) >= 11 is 0. The Labute approximate surface area is 85.5 Å². The van der Waals surface area contributed by atoms with E-state index >= 15 is 0 Å². The van der Waals surface area contributed by atoms with Gasteiger partial charge < -0.3 is 0 Å². The summed E-state index contributed by atoms with van der Waals surface area (Å²) in [5.41, 5.74) is 0. The van der Waals surface area contributed by atoms with Crippen molar-refractivity contribution in [2.75, 3.05) is 25.7 Å². The molecule has 14 heavy (non-hydrogen) atoms. The fourth-order valence-corrected chi connectivity index (χ4v) is 1.28. The Morgan fingerprint density at radius 3 is 1.00 bits per heavy atom. The fourth-order valence-electron chi connectivity index (χ4n) is 0.428. The molecule has 0 atom stereocenters. The maximum absolute atomic E-state index is 10.0. The van der Waals surface area contributed by atoms with Gasteiger partial charge >= 0.3 is 0 Å². The summed E-state index contributed by atoms with van der Waals surface area (Å²) < 4.78 is 48.4. The highest BCUT2D eigenvalue weighted by molar-refractivity contribution is 7.86. The third kappa shape index (κ3) is 22.6. The van der Waals surface area contributed by atoms with Crippen molar-refractivity contribution in [2.24, 2.45) is 0 Å². The van der Waals surface area contributed by atoms with E-state index in [-0.39, 0.29) is 13.2 Å². The monoisotopic (exact) mass is 248 g/mol. The van der Waals surface area contributed by atoms with Gasteiger partial charge in [-0.25, -0.2) is 0 Å². The molecule has 0 heterocycles. The first-order chi connectivity index (χ1) is 6.12. The highest BCUT2D eigenvalue weighted by atomic mass is 32.2. The highest BCUT2D eigenvalue weighted by Crippen LogP contribution is 1.82. The van der Waals surface area contributed by atoms with Crippen molar-refractivity contribution in [3.63, 3.8) is 0 Å². The average Bonchev–Trinajstić information content (AvgIpc) is 1.81. The molecule has 0 spiro atoms. The summed E-state index contributed by atoms with van der Waals surface area (Å²) in [6.07, 6.45) is 2.05. The van der Waals surface area contributed by atoms with Crippen LogP contribution in [0.2, 0.25) is 0 Å². The van der Waals surface area contributed by atoms with Crippen LogP contribution in [0.25, 0.3) is 0 Å². The Kier molecular flexibility index (Phi) is 8.31. The average molecular weight is 248 g/mol. The van der Waals surface area contributed by atoms with E-state index in [2.05, 4.69) is 8.37 Å². The fraction of sp³-hybridized carbons (Fsp3) is 1.00. The normalized spacial score (nSPS) is 11.7. The molecule has 0 saturated carbocycles. The molecule has 0 saturated heterocycles. The summed E-state index contributed by atoms with van der Waals surface area (Å²) in [7, 11) is -6.35. The second-order valence-corrected chi connectivity index (χ2v) is 5.51. The molecule has 0 aromatic carbocycles. The minimum absolute atomic E-state index is 0.221. The molecule has 8 heteroatoms. The maximum Gasteiger partial charge on any atom is 0.264 e. The summed E-state index contributed by atoms with van der Waals surface area (Å²) in [6, 6.07) is 0. The quantitative estimate of drug-likeness (QED) is 0.649. The van der Waals surface area contributed by atoms with Gasteiger partial charge in [0.05, 0.1) is 25.7 Å². The SMILES string of the molecule is CCOS(C)(=O)=O.CCOS(C)(=O)=O. The van der Waals surface area contributed by atoms with E-state index in [1.54, 1.807) is 13.8 Å². The predicted octanol–water partition coefficient (Wildman–Crippen LogP) is -0.0350. The van der Waals surface area contributed by atoms with Crippen LogP contribution in [-0.2, 0) is 28.6 Å². The molecule has 0 fully saturated rings. The number of rotatable bonds is 4. The van der Waals surface area contributed by atoms with E-state index in [1.807, 2.05) is 0 Å². The molecule has 0 unspecified atom stereocenters. The van der Waals surface area contributed by atoms with E-state index in [1.165, 1.54) is 0 Å². The molecule has 6 nitrogen and oxygen atoms in total. The van der Waals surface area contributed by atoms with Gasteiger partial charge in [0.15, 0.2) is 0 Å². The van der Waals surface area contributed by atoms with Crippen molar-refractivity contribution in [2.45, 2.75) is 13.8 Å². The first-order valence-corrected chi connectivity index (χ1v) is 7.44. The van der Waals surface area contributed by atoms with Crippen LogP contribution in [-0.4, -0.2) is 42.6 Å². The number of hydrogen-bond donors (Lipinski definition) is 0. The molecule has 0 bridgehead atoms. The summed E-state index contributed by atoms with van der Waals surface area (Å²) in [6.45, 7) is 3.69. The lowest BCUT2D eigenvalue weighted by Gasteiger charge is -1.90. The van der Waals surface area contributed by atoms with Gasteiger partial charge in [-0.1, -0.05) is 0 Å². The van der Waals surface area contributed by atoms with Crippen molar-refractivity contribution >= 4 is 20.2 Å². The van der Waals surface area contributed by atoms with Gasteiger partial charge in [0.2, 0.25) is 0 Å². The standard InChI is InChI=1S/2C3H8O3S/c2*1-3-6-7(2,4)5/h2*3H2,1-2H3. The van der Waals surface area contributed by atoms with Crippen molar-refractivity contribution in [1.29, 1.82) is 0 Å². The van der Waals surface area contributed by atoms with Gasteiger partial charge in [-0.3, -0.25) is 8.37 Å². The van der Waals surface area contributed by atoms with E-state index in [9.17, 15) is 16.8 Å². The van der Waals surface area contributed by atoms with Crippen LogP contribution < -0.4 is 0 Å². The summed E-state index contributed by atoms with van der Waals surface area (Å²) in [5.74, 6) is 0. The molecule has 0 rings (SSSR count). The lowest BCUT2D eigenvalue weighted by molar-refractivity contribution is 0.341. The van der Waals surface area contributed by atoms with Crippen molar-refractivity contribution in [3.05, 3.63) is 0 Å². The second-order valence-electron chi connectivity index (χ2n) is 2.22. The molecule has 0 aliphatic heterocycles. The van der Waals surface area contributed by atoms with Crippen LogP contribution in [0.5, 0.6) is 0 Å².